The number of methoxy groups -OCH3 is 1. The fraction of sp³-hybridized carbons (Fsp3) is 1.00. The standard InChI is InChI=1S/C5H13NO2/c1-4(8-2)5(7)3-6/h4-5,7H,3,6H2,1-2H3. The lowest BCUT2D eigenvalue weighted by atomic mass is 10.2. The van der Waals surface area contributed by atoms with Gasteiger partial charge in [0, 0.05) is 13.7 Å². The van der Waals surface area contributed by atoms with E-state index in [1.165, 1.54) is 0 Å². The second kappa shape index (κ2) is 3.83. The van der Waals surface area contributed by atoms with Gasteiger partial charge in [0.05, 0.1) is 12.2 Å². The monoisotopic (exact) mass is 119 g/mol. The number of rotatable bonds is 3. The molecule has 2 unspecified atom stereocenters. The second-order valence-electron chi connectivity index (χ2n) is 1.74. The van der Waals surface area contributed by atoms with Crippen LogP contribution in [0.5, 0.6) is 0 Å². The molecular formula is C5H13NO2. The van der Waals surface area contributed by atoms with Gasteiger partial charge in [0.25, 0.3) is 0 Å². The van der Waals surface area contributed by atoms with E-state index in [4.69, 9.17) is 15.6 Å². The highest BCUT2D eigenvalue weighted by Crippen LogP contribution is 1.92. The average molecular weight is 119 g/mol. The lowest BCUT2D eigenvalue weighted by molar-refractivity contribution is 0.00493. The summed E-state index contributed by atoms with van der Waals surface area (Å²) in [6, 6.07) is 0. The molecule has 0 heterocycles. The Labute approximate surface area is 49.4 Å². The molecule has 0 aliphatic rings. The third kappa shape index (κ3) is 2.26. The zero-order valence-electron chi connectivity index (χ0n) is 5.29. The van der Waals surface area contributed by atoms with Crippen LogP contribution in [-0.2, 0) is 4.74 Å². The van der Waals surface area contributed by atoms with E-state index in [9.17, 15) is 0 Å². The highest BCUT2D eigenvalue weighted by Gasteiger charge is 2.09. The predicted molar refractivity (Wildman–Crippen MR) is 31.5 cm³/mol. The van der Waals surface area contributed by atoms with Gasteiger partial charge in [0.1, 0.15) is 0 Å². The van der Waals surface area contributed by atoms with Crippen LogP contribution in [0.3, 0.4) is 0 Å². The lowest BCUT2D eigenvalue weighted by Crippen LogP contribution is -2.32. The van der Waals surface area contributed by atoms with Crippen molar-refractivity contribution >= 4 is 0 Å². The maximum Gasteiger partial charge on any atom is 0.0920 e. The van der Waals surface area contributed by atoms with Crippen LogP contribution in [0.4, 0.5) is 0 Å². The van der Waals surface area contributed by atoms with Crippen molar-refractivity contribution in [2.24, 2.45) is 5.73 Å². The number of nitrogens with two attached hydrogens (primary N) is 1. The fourth-order valence-corrected chi connectivity index (χ4v) is 0.349. The Hall–Kier alpha value is -0.120. The van der Waals surface area contributed by atoms with Crippen molar-refractivity contribution in [3.8, 4) is 0 Å². The summed E-state index contributed by atoms with van der Waals surface area (Å²) in [6.07, 6.45) is -0.681. The topological polar surface area (TPSA) is 55.5 Å². The number of aliphatic hydroxyl groups is 1. The van der Waals surface area contributed by atoms with Crippen molar-refractivity contribution < 1.29 is 9.84 Å². The Morgan fingerprint density at radius 2 is 2.25 bits per heavy atom. The van der Waals surface area contributed by atoms with Gasteiger partial charge in [-0.25, -0.2) is 0 Å². The smallest absolute Gasteiger partial charge is 0.0920 e. The Morgan fingerprint density at radius 1 is 1.75 bits per heavy atom. The molecule has 0 radical (unpaired) electrons. The zero-order valence-corrected chi connectivity index (χ0v) is 5.29. The first kappa shape index (κ1) is 7.88. The molecule has 0 rings (SSSR count). The molecule has 0 amide bonds. The van der Waals surface area contributed by atoms with Crippen molar-refractivity contribution in [1.29, 1.82) is 0 Å². The SMILES string of the molecule is COC(C)C(O)CN. The molecule has 0 fully saturated rings. The summed E-state index contributed by atoms with van der Waals surface area (Å²) >= 11 is 0. The number of hydrogen-bond donors (Lipinski definition) is 2. The van der Waals surface area contributed by atoms with Crippen LogP contribution in [0.15, 0.2) is 0 Å². The third-order valence-electron chi connectivity index (χ3n) is 1.16. The minimum atomic E-state index is -0.528. The van der Waals surface area contributed by atoms with Gasteiger partial charge in [-0.15, -0.1) is 0 Å². The molecule has 0 aromatic carbocycles. The maximum atomic E-state index is 8.88. The van der Waals surface area contributed by atoms with Crippen LogP contribution >= 0.6 is 0 Å². The van der Waals surface area contributed by atoms with E-state index in [1.807, 2.05) is 0 Å². The molecular weight excluding hydrogens is 106 g/mol. The van der Waals surface area contributed by atoms with Crippen LogP contribution in [0.25, 0.3) is 0 Å². The van der Waals surface area contributed by atoms with Crippen molar-refractivity contribution in [2.45, 2.75) is 19.1 Å². The van der Waals surface area contributed by atoms with Crippen molar-refractivity contribution in [1.82, 2.24) is 0 Å². The van der Waals surface area contributed by atoms with Gasteiger partial charge in [0.2, 0.25) is 0 Å². The molecule has 50 valence electrons. The Morgan fingerprint density at radius 3 is 2.38 bits per heavy atom. The first-order chi connectivity index (χ1) is 3.72. The van der Waals surface area contributed by atoms with Crippen molar-refractivity contribution in [2.75, 3.05) is 13.7 Å². The summed E-state index contributed by atoms with van der Waals surface area (Å²) in [7, 11) is 1.55. The first-order valence-corrected chi connectivity index (χ1v) is 2.63. The molecule has 0 aromatic rings. The minimum absolute atomic E-state index is 0.153. The lowest BCUT2D eigenvalue weighted by Gasteiger charge is -2.13. The van der Waals surface area contributed by atoms with Crippen LogP contribution < -0.4 is 5.73 Å². The molecule has 0 aliphatic heterocycles. The molecule has 0 aliphatic carbocycles. The Balaban J connectivity index is 3.29. The van der Waals surface area contributed by atoms with E-state index in [-0.39, 0.29) is 12.6 Å². The maximum absolute atomic E-state index is 8.88. The third-order valence-corrected chi connectivity index (χ3v) is 1.16. The largest absolute Gasteiger partial charge is 0.389 e. The predicted octanol–water partition coefficient (Wildman–Crippen LogP) is -0.659. The van der Waals surface area contributed by atoms with Gasteiger partial charge < -0.3 is 15.6 Å². The summed E-state index contributed by atoms with van der Waals surface area (Å²) in [5.41, 5.74) is 5.12. The molecule has 0 saturated carbocycles. The van der Waals surface area contributed by atoms with Gasteiger partial charge in [-0.1, -0.05) is 0 Å². The van der Waals surface area contributed by atoms with Crippen molar-refractivity contribution in [3.63, 3.8) is 0 Å². The first-order valence-electron chi connectivity index (χ1n) is 2.63. The summed E-state index contributed by atoms with van der Waals surface area (Å²) in [5.74, 6) is 0. The number of aliphatic hydroxyl groups excluding tert-OH is 1. The molecule has 8 heavy (non-hydrogen) atoms. The van der Waals surface area contributed by atoms with E-state index >= 15 is 0 Å². The highest BCUT2D eigenvalue weighted by atomic mass is 16.5. The molecule has 0 aromatic heterocycles. The number of ether oxygens (including phenoxy) is 1. The van der Waals surface area contributed by atoms with Crippen LogP contribution in [0, 0.1) is 0 Å². The summed E-state index contributed by atoms with van der Waals surface area (Å²) in [6.45, 7) is 2.03. The van der Waals surface area contributed by atoms with E-state index in [0.717, 1.165) is 0 Å². The second-order valence-corrected chi connectivity index (χ2v) is 1.74. The summed E-state index contributed by atoms with van der Waals surface area (Å²) in [5, 5.41) is 8.88. The Bertz CT molecular complexity index is 50.4. The molecule has 0 bridgehead atoms. The van der Waals surface area contributed by atoms with Crippen LogP contribution in [-0.4, -0.2) is 31.0 Å². The van der Waals surface area contributed by atoms with Gasteiger partial charge >= 0.3 is 0 Å². The normalized spacial score (nSPS) is 18.0. The van der Waals surface area contributed by atoms with E-state index in [2.05, 4.69) is 0 Å². The fourth-order valence-electron chi connectivity index (χ4n) is 0.349. The van der Waals surface area contributed by atoms with Gasteiger partial charge in [0.15, 0.2) is 0 Å². The highest BCUT2D eigenvalue weighted by molar-refractivity contribution is 4.62. The molecule has 3 heteroatoms. The van der Waals surface area contributed by atoms with Crippen LogP contribution in [0.2, 0.25) is 0 Å². The minimum Gasteiger partial charge on any atom is -0.389 e. The van der Waals surface area contributed by atoms with Gasteiger partial charge in [-0.05, 0) is 6.92 Å². The van der Waals surface area contributed by atoms with E-state index in [1.54, 1.807) is 14.0 Å². The molecule has 3 nitrogen and oxygen atoms in total. The van der Waals surface area contributed by atoms with E-state index < -0.39 is 6.10 Å². The zero-order chi connectivity index (χ0) is 6.57. The summed E-state index contributed by atoms with van der Waals surface area (Å²) in [4.78, 5) is 0. The molecule has 0 saturated heterocycles. The van der Waals surface area contributed by atoms with Gasteiger partial charge in [-0.2, -0.15) is 0 Å². The van der Waals surface area contributed by atoms with Gasteiger partial charge in [-0.3, -0.25) is 0 Å². The van der Waals surface area contributed by atoms with Crippen molar-refractivity contribution in [3.05, 3.63) is 0 Å². The summed E-state index contributed by atoms with van der Waals surface area (Å²) < 4.78 is 4.77. The van der Waals surface area contributed by atoms with Crippen LogP contribution in [0.1, 0.15) is 6.92 Å². The van der Waals surface area contributed by atoms with E-state index in [0.29, 0.717) is 0 Å². The Kier molecular flexibility index (Phi) is 3.77. The average Bonchev–Trinajstić information content (AvgIpc) is 1.84. The number of hydrogen-bond acceptors (Lipinski definition) is 3. The molecule has 2 atom stereocenters. The molecule has 3 N–H and O–H groups in total. The molecule has 0 spiro atoms. The quantitative estimate of drug-likeness (QED) is 0.518.